The summed E-state index contributed by atoms with van der Waals surface area (Å²) in [6.45, 7) is 0. The van der Waals surface area contributed by atoms with E-state index >= 15 is 0 Å². The second-order valence-corrected chi connectivity index (χ2v) is 6.59. The molecule has 0 saturated heterocycles. The van der Waals surface area contributed by atoms with Gasteiger partial charge in [-0.15, -0.1) is 0 Å². The molecule has 2 amide bonds. The smallest absolute Gasteiger partial charge is 0.240 e. The van der Waals surface area contributed by atoms with E-state index in [2.05, 4.69) is 20.9 Å². The van der Waals surface area contributed by atoms with Crippen LogP contribution in [0.4, 0.5) is 0 Å². The highest BCUT2D eigenvalue weighted by molar-refractivity contribution is 5.94. The number of carbonyl (C=O) groups is 2. The van der Waals surface area contributed by atoms with Crippen molar-refractivity contribution in [3.63, 3.8) is 0 Å². The maximum atomic E-state index is 12.3. The Kier molecular flexibility index (Phi) is 4.94. The summed E-state index contributed by atoms with van der Waals surface area (Å²) in [5, 5.41) is 20.8. The number of rotatable bonds is 6. The van der Waals surface area contributed by atoms with Gasteiger partial charge in [-0.3, -0.25) is 14.3 Å². The molecule has 130 valence electrons. The van der Waals surface area contributed by atoms with Gasteiger partial charge >= 0.3 is 0 Å². The van der Waals surface area contributed by atoms with E-state index in [0.29, 0.717) is 38.5 Å². The van der Waals surface area contributed by atoms with Crippen LogP contribution in [-0.4, -0.2) is 38.5 Å². The average Bonchev–Trinajstić information content (AvgIpc) is 2.96. The molecule has 3 N–H and O–H groups in total. The number of aliphatic hydroxyl groups excluding tert-OH is 1. The average molecular weight is 333 g/mol. The summed E-state index contributed by atoms with van der Waals surface area (Å²) in [7, 11) is 1.84. The van der Waals surface area contributed by atoms with E-state index in [1.807, 2.05) is 13.2 Å². The van der Waals surface area contributed by atoms with E-state index < -0.39 is 0 Å². The van der Waals surface area contributed by atoms with Gasteiger partial charge in [-0.1, -0.05) is 0 Å². The second kappa shape index (κ2) is 7.12. The molecule has 8 heteroatoms. The summed E-state index contributed by atoms with van der Waals surface area (Å²) in [5.41, 5.74) is 4.26. The first-order valence-electron chi connectivity index (χ1n) is 8.31. The van der Waals surface area contributed by atoms with Crippen molar-refractivity contribution in [2.75, 3.05) is 0 Å². The summed E-state index contributed by atoms with van der Waals surface area (Å²) < 4.78 is 1.71. The minimum Gasteiger partial charge on any atom is -0.393 e. The monoisotopic (exact) mass is 333 g/mol. The van der Waals surface area contributed by atoms with Gasteiger partial charge in [0.2, 0.25) is 11.8 Å². The predicted molar refractivity (Wildman–Crippen MR) is 86.9 cm³/mol. The van der Waals surface area contributed by atoms with E-state index in [1.165, 1.54) is 0 Å². The van der Waals surface area contributed by atoms with Crippen molar-refractivity contribution in [2.45, 2.75) is 50.7 Å². The van der Waals surface area contributed by atoms with Crippen LogP contribution in [0.15, 0.2) is 17.5 Å². The zero-order valence-electron chi connectivity index (χ0n) is 13.7. The Balaban J connectivity index is 1.56. The number of aromatic nitrogens is 2. The van der Waals surface area contributed by atoms with Crippen LogP contribution in [0.25, 0.3) is 0 Å². The normalized spacial score (nSPS) is 24.6. The topological polar surface area (TPSA) is 109 Å². The van der Waals surface area contributed by atoms with Gasteiger partial charge in [0.1, 0.15) is 0 Å². The third kappa shape index (κ3) is 4.00. The van der Waals surface area contributed by atoms with E-state index in [-0.39, 0.29) is 29.9 Å². The Morgan fingerprint density at radius 3 is 2.88 bits per heavy atom. The largest absolute Gasteiger partial charge is 0.393 e. The van der Waals surface area contributed by atoms with Gasteiger partial charge in [-0.05, 0) is 31.6 Å². The number of nitrogens with one attached hydrogen (secondary N) is 2. The number of hydrogen-bond acceptors (Lipinski definition) is 5. The Labute approximate surface area is 140 Å². The van der Waals surface area contributed by atoms with Crippen molar-refractivity contribution in [3.05, 3.63) is 18.0 Å². The lowest BCUT2D eigenvalue weighted by molar-refractivity contribution is -0.123. The Morgan fingerprint density at radius 1 is 1.50 bits per heavy atom. The van der Waals surface area contributed by atoms with Gasteiger partial charge in [0.25, 0.3) is 0 Å². The Morgan fingerprint density at radius 2 is 2.29 bits per heavy atom. The van der Waals surface area contributed by atoms with Gasteiger partial charge < -0.3 is 10.4 Å². The highest BCUT2D eigenvalue weighted by Gasteiger charge is 2.36. The van der Waals surface area contributed by atoms with Gasteiger partial charge in [0, 0.05) is 37.4 Å². The number of aryl methyl sites for hydroxylation is 1. The molecule has 0 unspecified atom stereocenters. The van der Waals surface area contributed by atoms with Crippen LogP contribution in [0, 0.1) is 5.92 Å². The van der Waals surface area contributed by atoms with E-state index in [0.717, 1.165) is 11.3 Å². The van der Waals surface area contributed by atoms with Crippen molar-refractivity contribution in [3.8, 4) is 0 Å². The van der Waals surface area contributed by atoms with Crippen molar-refractivity contribution in [2.24, 2.45) is 18.1 Å². The summed E-state index contributed by atoms with van der Waals surface area (Å²) in [6, 6.07) is -0.123. The maximum absolute atomic E-state index is 12.3. The molecular weight excluding hydrogens is 310 g/mol. The van der Waals surface area contributed by atoms with Crippen LogP contribution in [0.3, 0.4) is 0 Å². The van der Waals surface area contributed by atoms with Crippen LogP contribution in [-0.2, 0) is 16.6 Å². The lowest BCUT2D eigenvalue weighted by Gasteiger charge is -2.37. The molecular formula is C16H23N5O3. The molecule has 0 bridgehead atoms. The second-order valence-electron chi connectivity index (χ2n) is 6.59. The van der Waals surface area contributed by atoms with E-state index in [9.17, 15) is 14.7 Å². The molecule has 1 aromatic rings. The number of amides is 2. The molecule has 1 saturated carbocycles. The predicted octanol–water partition coefficient (Wildman–Crippen LogP) is 0.394. The van der Waals surface area contributed by atoms with Crippen molar-refractivity contribution in [1.29, 1.82) is 0 Å². The van der Waals surface area contributed by atoms with Crippen LogP contribution >= 0.6 is 0 Å². The first-order chi connectivity index (χ1) is 11.5. The third-order valence-electron chi connectivity index (χ3n) is 4.64. The Hall–Kier alpha value is -2.22. The highest BCUT2D eigenvalue weighted by atomic mass is 16.3. The standard InChI is InChI=1S/C16H23N5O3/c1-21-9-11(8-17-21)16(10-6-13(22)7-10)18-14(23)4-2-12-3-5-15(24)20-19-12/h8-10,13,16,22H,2-7H2,1H3,(H,18,23)(H,20,24)/t10?,13?,16-/m1/s1. The van der Waals surface area contributed by atoms with Crippen LogP contribution < -0.4 is 10.7 Å². The maximum Gasteiger partial charge on any atom is 0.240 e. The first kappa shape index (κ1) is 16.6. The molecule has 1 aromatic heterocycles. The minimum atomic E-state index is -0.272. The summed E-state index contributed by atoms with van der Waals surface area (Å²) in [4.78, 5) is 23.4. The lowest BCUT2D eigenvalue weighted by atomic mass is 9.75. The fraction of sp³-hybridized carbons (Fsp3) is 0.625. The zero-order valence-corrected chi connectivity index (χ0v) is 13.7. The number of carbonyl (C=O) groups excluding carboxylic acids is 2. The first-order valence-corrected chi connectivity index (χ1v) is 8.31. The molecule has 0 radical (unpaired) electrons. The molecule has 3 rings (SSSR count). The van der Waals surface area contributed by atoms with Crippen LogP contribution in [0.5, 0.6) is 0 Å². The van der Waals surface area contributed by atoms with Crippen molar-refractivity contribution >= 4 is 17.5 Å². The zero-order chi connectivity index (χ0) is 17.1. The number of hydrazone groups is 1. The van der Waals surface area contributed by atoms with Crippen LogP contribution in [0.2, 0.25) is 0 Å². The molecule has 2 aliphatic rings. The molecule has 0 spiro atoms. The van der Waals surface area contributed by atoms with Gasteiger partial charge in [-0.2, -0.15) is 10.2 Å². The number of nitrogens with zero attached hydrogens (tertiary/aromatic N) is 3. The van der Waals surface area contributed by atoms with E-state index in [4.69, 9.17) is 0 Å². The summed E-state index contributed by atoms with van der Waals surface area (Å²) in [5.74, 6) is 0.104. The van der Waals surface area contributed by atoms with Gasteiger partial charge in [0.15, 0.2) is 0 Å². The highest BCUT2D eigenvalue weighted by Crippen LogP contribution is 2.38. The molecule has 24 heavy (non-hydrogen) atoms. The lowest BCUT2D eigenvalue weighted by Crippen LogP contribution is -2.41. The number of hydrogen-bond donors (Lipinski definition) is 3. The van der Waals surface area contributed by atoms with Crippen molar-refractivity contribution in [1.82, 2.24) is 20.5 Å². The number of aliphatic hydroxyl groups is 1. The van der Waals surface area contributed by atoms with E-state index in [1.54, 1.807) is 10.9 Å². The van der Waals surface area contributed by atoms with Crippen LogP contribution in [0.1, 0.15) is 50.1 Å². The molecule has 2 heterocycles. The molecule has 8 nitrogen and oxygen atoms in total. The van der Waals surface area contributed by atoms with Crippen molar-refractivity contribution < 1.29 is 14.7 Å². The molecule has 1 atom stereocenters. The fourth-order valence-corrected chi connectivity index (χ4v) is 3.17. The van der Waals surface area contributed by atoms with Gasteiger partial charge in [-0.25, -0.2) is 5.43 Å². The SMILES string of the molecule is Cn1cc([C@H](NC(=O)CCC2=NNC(=O)CC2)C2CC(O)C2)cn1. The molecule has 1 aliphatic heterocycles. The quantitative estimate of drug-likeness (QED) is 0.700. The third-order valence-corrected chi connectivity index (χ3v) is 4.64. The van der Waals surface area contributed by atoms with Gasteiger partial charge in [0.05, 0.1) is 18.3 Å². The molecule has 0 aromatic carbocycles. The molecule has 1 fully saturated rings. The fourth-order valence-electron chi connectivity index (χ4n) is 3.17. The Bertz CT molecular complexity index is 648. The summed E-state index contributed by atoms with van der Waals surface area (Å²) >= 11 is 0. The minimum absolute atomic E-state index is 0.0511. The molecule has 1 aliphatic carbocycles. The summed E-state index contributed by atoms with van der Waals surface area (Å²) in [6.07, 6.45) is 6.69.